The van der Waals surface area contributed by atoms with Gasteiger partial charge < -0.3 is 25.4 Å². The van der Waals surface area contributed by atoms with E-state index in [-0.39, 0.29) is 29.7 Å². The number of rotatable bonds is 6. The zero-order valence-electron chi connectivity index (χ0n) is 21.4. The Hall–Kier alpha value is -1.18. The number of carbonyl (C=O) groups excluding carboxylic acids is 2. The molecule has 0 heterocycles. The van der Waals surface area contributed by atoms with Gasteiger partial charge in [0.05, 0.1) is 24.9 Å². The molecule has 0 spiro atoms. The van der Waals surface area contributed by atoms with Gasteiger partial charge in [-0.05, 0) is 86.4 Å². The van der Waals surface area contributed by atoms with Crippen molar-refractivity contribution in [1.82, 2.24) is 5.32 Å². The summed E-state index contributed by atoms with van der Waals surface area (Å²) in [5.41, 5.74) is -1.36. The van der Waals surface area contributed by atoms with Crippen molar-refractivity contribution in [2.45, 2.75) is 103 Å². The van der Waals surface area contributed by atoms with Crippen molar-refractivity contribution in [2.24, 2.45) is 40.4 Å². The normalized spacial score (nSPS) is 46.6. The molecule has 0 aromatic carbocycles. The van der Waals surface area contributed by atoms with E-state index in [1.54, 1.807) is 0 Å². The third-order valence-electron chi connectivity index (χ3n) is 11.1. The molecular formula is C27H45NO6. The van der Waals surface area contributed by atoms with E-state index in [1.165, 1.54) is 7.11 Å². The maximum absolute atomic E-state index is 12.2. The number of fused-ring (bicyclic) bond motifs is 5. The van der Waals surface area contributed by atoms with Crippen molar-refractivity contribution in [1.29, 1.82) is 0 Å². The van der Waals surface area contributed by atoms with E-state index < -0.39 is 23.8 Å². The molecule has 4 rings (SSSR count). The number of methoxy groups -OCH3 is 1. The number of carbonyl (C=O) groups is 2. The first-order valence-electron chi connectivity index (χ1n) is 13.4. The van der Waals surface area contributed by atoms with Gasteiger partial charge in [0.25, 0.3) is 0 Å². The molecule has 4 aliphatic carbocycles. The van der Waals surface area contributed by atoms with Crippen LogP contribution in [-0.2, 0) is 14.3 Å². The van der Waals surface area contributed by atoms with Crippen molar-refractivity contribution in [2.75, 3.05) is 13.7 Å². The Bertz CT molecular complexity index is 789. The maximum Gasteiger partial charge on any atom is 0.325 e. The number of hydrogen-bond acceptors (Lipinski definition) is 6. The van der Waals surface area contributed by atoms with Crippen LogP contribution in [0.5, 0.6) is 0 Å². The fourth-order valence-corrected chi connectivity index (χ4v) is 9.13. The van der Waals surface area contributed by atoms with E-state index >= 15 is 0 Å². The van der Waals surface area contributed by atoms with Gasteiger partial charge in [0, 0.05) is 18.3 Å². The second-order valence-corrected chi connectivity index (χ2v) is 12.5. The molecule has 0 radical (unpaired) electrons. The van der Waals surface area contributed by atoms with Crippen LogP contribution in [-0.4, -0.2) is 58.7 Å². The summed E-state index contributed by atoms with van der Waals surface area (Å²) in [6.45, 7) is 6.78. The summed E-state index contributed by atoms with van der Waals surface area (Å²) >= 11 is 0. The lowest BCUT2D eigenvalue weighted by Crippen LogP contribution is -2.68. The fourth-order valence-electron chi connectivity index (χ4n) is 9.13. The Morgan fingerprint density at radius 2 is 1.82 bits per heavy atom. The van der Waals surface area contributed by atoms with Crippen molar-refractivity contribution in [3.8, 4) is 0 Å². The molecule has 0 aromatic rings. The summed E-state index contributed by atoms with van der Waals surface area (Å²) < 4.78 is 4.58. The van der Waals surface area contributed by atoms with Crippen LogP contribution in [0, 0.1) is 40.4 Å². The smallest absolute Gasteiger partial charge is 0.325 e. The highest BCUT2D eigenvalue weighted by Crippen LogP contribution is 2.69. The monoisotopic (exact) mass is 479 g/mol. The topological polar surface area (TPSA) is 116 Å². The van der Waals surface area contributed by atoms with Crippen LogP contribution in [0.25, 0.3) is 0 Å². The quantitative estimate of drug-likeness (QED) is 0.436. The minimum absolute atomic E-state index is 0.0829. The van der Waals surface area contributed by atoms with Crippen LogP contribution in [0.4, 0.5) is 0 Å². The predicted molar refractivity (Wildman–Crippen MR) is 127 cm³/mol. The first-order valence-corrected chi connectivity index (χ1v) is 13.4. The van der Waals surface area contributed by atoms with Crippen molar-refractivity contribution < 1.29 is 29.6 Å². The Morgan fingerprint density at radius 3 is 2.53 bits per heavy atom. The van der Waals surface area contributed by atoms with Crippen LogP contribution < -0.4 is 5.32 Å². The van der Waals surface area contributed by atoms with Crippen molar-refractivity contribution in [3.05, 3.63) is 0 Å². The van der Waals surface area contributed by atoms with E-state index in [9.17, 15) is 24.9 Å². The van der Waals surface area contributed by atoms with Gasteiger partial charge in [-0.2, -0.15) is 0 Å². The molecule has 4 aliphatic rings. The van der Waals surface area contributed by atoms with E-state index in [1.807, 2.05) is 0 Å². The zero-order valence-corrected chi connectivity index (χ0v) is 21.4. The zero-order chi connectivity index (χ0) is 24.9. The molecule has 4 saturated carbocycles. The van der Waals surface area contributed by atoms with Gasteiger partial charge in [0.1, 0.15) is 6.54 Å². The molecular weight excluding hydrogens is 434 g/mol. The molecule has 7 nitrogen and oxygen atoms in total. The second-order valence-electron chi connectivity index (χ2n) is 12.5. The molecule has 34 heavy (non-hydrogen) atoms. The maximum atomic E-state index is 12.2. The largest absolute Gasteiger partial charge is 0.468 e. The molecule has 4 N–H and O–H groups in total. The average Bonchev–Trinajstić information content (AvgIpc) is 3.15. The molecule has 10 atom stereocenters. The SMILES string of the molecule is COC(=O)CNC(=O)CC[C@@H](C)[C@H]1CC[C@H]2[C@@H]3C[C@@H](O)[C@@]4(O)C[C@@H](O)CC[C@]4(C)[C@H]3CC[C@]12C. The molecule has 0 aromatic heterocycles. The predicted octanol–water partition coefficient (Wildman–Crippen LogP) is 2.80. The van der Waals surface area contributed by atoms with Crippen molar-refractivity contribution >= 4 is 11.9 Å². The molecule has 1 amide bonds. The molecule has 0 aliphatic heterocycles. The summed E-state index contributed by atoms with van der Waals surface area (Å²) in [6, 6.07) is 0. The number of aliphatic hydroxyl groups is 3. The van der Waals surface area contributed by atoms with Gasteiger partial charge in [0.2, 0.25) is 5.91 Å². The third kappa shape index (κ3) is 4.09. The first kappa shape index (κ1) is 25.9. The first-order chi connectivity index (χ1) is 16.0. The standard InChI is InChI=1S/C27H45NO6/c1-16(5-8-23(31)28-15-24(32)34-4)19-6-7-20-18-13-22(30)27(33)14-17(29)9-12-26(27,3)21(18)10-11-25(19,20)2/h16-22,29-30,33H,5-15H2,1-4H3,(H,28,31)/t16-,17+,18+,19-,20+,21+,22-,25-,26-,27+/m1/s1. The number of esters is 1. The lowest BCUT2D eigenvalue weighted by molar-refractivity contribution is -0.264. The van der Waals surface area contributed by atoms with Crippen LogP contribution in [0.2, 0.25) is 0 Å². The molecule has 0 bridgehead atoms. The summed E-state index contributed by atoms with van der Waals surface area (Å²) in [7, 11) is 1.31. The van der Waals surface area contributed by atoms with Gasteiger partial charge in [-0.1, -0.05) is 20.8 Å². The highest BCUT2D eigenvalue weighted by atomic mass is 16.5. The summed E-state index contributed by atoms with van der Waals surface area (Å²) in [4.78, 5) is 23.5. The summed E-state index contributed by atoms with van der Waals surface area (Å²) in [5, 5.41) is 35.7. The number of ether oxygens (including phenoxy) is 1. The lowest BCUT2D eigenvalue weighted by atomic mass is 9.42. The summed E-state index contributed by atoms with van der Waals surface area (Å²) in [6.07, 6.45) is 6.74. The van der Waals surface area contributed by atoms with Gasteiger partial charge in [0.15, 0.2) is 0 Å². The van der Waals surface area contributed by atoms with Crippen LogP contribution in [0.1, 0.15) is 85.0 Å². The van der Waals surface area contributed by atoms with E-state index in [4.69, 9.17) is 0 Å². The molecule has 194 valence electrons. The van der Waals surface area contributed by atoms with Crippen LogP contribution >= 0.6 is 0 Å². The highest BCUT2D eigenvalue weighted by molar-refractivity contribution is 5.81. The molecule has 4 fully saturated rings. The molecule has 0 unspecified atom stereocenters. The Labute approximate surface area is 204 Å². The van der Waals surface area contributed by atoms with E-state index in [0.29, 0.717) is 48.9 Å². The number of hydrogen-bond donors (Lipinski definition) is 4. The van der Waals surface area contributed by atoms with Gasteiger partial charge in [-0.25, -0.2) is 0 Å². The fraction of sp³-hybridized carbons (Fsp3) is 0.926. The van der Waals surface area contributed by atoms with Crippen LogP contribution in [0.3, 0.4) is 0 Å². The Kier molecular flexibility index (Phi) is 7.13. The number of aliphatic hydroxyl groups excluding tert-OH is 2. The van der Waals surface area contributed by atoms with Gasteiger partial charge in [-0.15, -0.1) is 0 Å². The lowest BCUT2D eigenvalue weighted by Gasteiger charge is -2.65. The van der Waals surface area contributed by atoms with Crippen molar-refractivity contribution in [3.63, 3.8) is 0 Å². The number of amides is 1. The van der Waals surface area contributed by atoms with Crippen LogP contribution in [0.15, 0.2) is 0 Å². The number of nitrogens with one attached hydrogen (secondary N) is 1. The second kappa shape index (κ2) is 9.36. The highest BCUT2D eigenvalue weighted by Gasteiger charge is 2.67. The minimum Gasteiger partial charge on any atom is -0.468 e. The third-order valence-corrected chi connectivity index (χ3v) is 11.1. The Morgan fingerprint density at radius 1 is 1.09 bits per heavy atom. The van der Waals surface area contributed by atoms with E-state index in [0.717, 1.165) is 38.5 Å². The Balaban J connectivity index is 1.43. The summed E-state index contributed by atoms with van der Waals surface area (Å²) in [5.74, 6) is 1.69. The van der Waals surface area contributed by atoms with Gasteiger partial charge >= 0.3 is 5.97 Å². The van der Waals surface area contributed by atoms with Gasteiger partial charge in [-0.3, -0.25) is 9.59 Å². The minimum atomic E-state index is -1.19. The average molecular weight is 480 g/mol. The molecule has 0 saturated heterocycles. The van der Waals surface area contributed by atoms with E-state index in [2.05, 4.69) is 30.8 Å². The molecule has 7 heteroatoms.